The Bertz CT molecular complexity index is 422. The Morgan fingerprint density at radius 3 is 3.06 bits per heavy atom. The van der Waals surface area contributed by atoms with Gasteiger partial charge in [0, 0.05) is 35.4 Å². The Morgan fingerprint density at radius 2 is 2.28 bits per heavy atom. The first kappa shape index (κ1) is 13.7. The highest BCUT2D eigenvalue weighted by Crippen LogP contribution is 2.26. The summed E-state index contributed by atoms with van der Waals surface area (Å²) in [4.78, 5) is 0. The molecule has 2 rings (SSSR count). The zero-order valence-corrected chi connectivity index (χ0v) is 11.8. The summed E-state index contributed by atoms with van der Waals surface area (Å²) in [6, 6.07) is 8.46. The second-order valence-corrected chi connectivity index (χ2v) is 6.58. The number of fused-ring (bicyclic) bond motifs is 1. The molecule has 1 N–H and O–H groups in total. The monoisotopic (exact) mass is 267 g/mol. The number of rotatable bonds is 5. The van der Waals surface area contributed by atoms with E-state index < -0.39 is 10.8 Å². The number of benzene rings is 1. The van der Waals surface area contributed by atoms with Gasteiger partial charge in [-0.3, -0.25) is 4.21 Å². The molecule has 1 heterocycles. The molecule has 0 saturated carbocycles. The fraction of sp³-hybridized carbons (Fsp3) is 0.571. The molecule has 0 aromatic heterocycles. The van der Waals surface area contributed by atoms with Gasteiger partial charge in [-0.15, -0.1) is 0 Å². The van der Waals surface area contributed by atoms with Gasteiger partial charge in [-0.2, -0.15) is 0 Å². The first-order valence-electron chi connectivity index (χ1n) is 6.41. The van der Waals surface area contributed by atoms with Crippen molar-refractivity contribution < 1.29 is 8.95 Å². The summed E-state index contributed by atoms with van der Waals surface area (Å²) in [6.07, 6.45) is 2.88. The van der Waals surface area contributed by atoms with Crippen LogP contribution in [0.25, 0.3) is 0 Å². The maximum Gasteiger partial charge on any atom is 0.0952 e. The van der Waals surface area contributed by atoms with Crippen molar-refractivity contribution in [2.45, 2.75) is 24.7 Å². The predicted octanol–water partition coefficient (Wildman–Crippen LogP) is 1.66. The molecule has 3 nitrogen and oxygen atoms in total. The molecule has 4 heteroatoms. The largest absolute Gasteiger partial charge is 0.372 e. The van der Waals surface area contributed by atoms with Crippen LogP contribution in [0.3, 0.4) is 0 Å². The Labute approximate surface area is 111 Å². The van der Waals surface area contributed by atoms with Gasteiger partial charge < -0.3 is 10.1 Å². The smallest absolute Gasteiger partial charge is 0.0952 e. The highest BCUT2D eigenvalue weighted by Gasteiger charge is 2.20. The maximum absolute atomic E-state index is 11.3. The lowest BCUT2D eigenvalue weighted by Crippen LogP contribution is -2.33. The number of ether oxygens (including phenoxy) is 1. The third-order valence-corrected chi connectivity index (χ3v) is 4.72. The topological polar surface area (TPSA) is 38.3 Å². The fourth-order valence-electron chi connectivity index (χ4n) is 2.18. The van der Waals surface area contributed by atoms with Gasteiger partial charge in [0.25, 0.3) is 0 Å². The van der Waals surface area contributed by atoms with Crippen molar-refractivity contribution in [2.75, 3.05) is 26.0 Å². The van der Waals surface area contributed by atoms with E-state index in [0.717, 1.165) is 26.1 Å². The molecule has 1 aliphatic heterocycles. The molecule has 3 atom stereocenters. The Kier molecular flexibility index (Phi) is 4.92. The van der Waals surface area contributed by atoms with Gasteiger partial charge >= 0.3 is 0 Å². The molecule has 0 radical (unpaired) electrons. The number of hydrogen-bond donors (Lipinski definition) is 1. The summed E-state index contributed by atoms with van der Waals surface area (Å²) < 4.78 is 17.1. The van der Waals surface area contributed by atoms with Crippen LogP contribution >= 0.6 is 0 Å². The summed E-state index contributed by atoms with van der Waals surface area (Å²) in [5.74, 6) is 0. The second-order valence-electron chi connectivity index (χ2n) is 4.78. The van der Waals surface area contributed by atoms with E-state index in [1.54, 1.807) is 6.26 Å². The maximum atomic E-state index is 11.3. The van der Waals surface area contributed by atoms with Crippen LogP contribution < -0.4 is 5.32 Å². The van der Waals surface area contributed by atoms with Gasteiger partial charge in [-0.25, -0.2) is 0 Å². The lowest BCUT2D eigenvalue weighted by atomic mass is 9.97. The van der Waals surface area contributed by atoms with Crippen molar-refractivity contribution in [3.8, 4) is 0 Å². The summed E-state index contributed by atoms with van der Waals surface area (Å²) in [6.45, 7) is 4.35. The van der Waals surface area contributed by atoms with Gasteiger partial charge in [0.1, 0.15) is 0 Å². The van der Waals surface area contributed by atoms with Crippen LogP contribution in [0.15, 0.2) is 24.3 Å². The van der Waals surface area contributed by atoms with Crippen molar-refractivity contribution >= 4 is 10.8 Å². The van der Waals surface area contributed by atoms with Gasteiger partial charge in [-0.1, -0.05) is 24.3 Å². The van der Waals surface area contributed by atoms with Gasteiger partial charge in [0.15, 0.2) is 0 Å². The lowest BCUT2D eigenvalue weighted by Gasteiger charge is -2.26. The van der Waals surface area contributed by atoms with E-state index in [9.17, 15) is 4.21 Å². The number of nitrogens with one attached hydrogen (secondary N) is 1. The zero-order chi connectivity index (χ0) is 13.0. The molecule has 0 spiro atoms. The van der Waals surface area contributed by atoms with Crippen molar-refractivity contribution in [1.29, 1.82) is 0 Å². The minimum absolute atomic E-state index is 0.132. The van der Waals surface area contributed by atoms with E-state index in [4.69, 9.17) is 4.74 Å². The minimum atomic E-state index is -0.765. The van der Waals surface area contributed by atoms with Crippen molar-refractivity contribution in [1.82, 2.24) is 5.32 Å². The van der Waals surface area contributed by atoms with E-state index in [2.05, 4.69) is 29.6 Å². The Balaban J connectivity index is 1.90. The van der Waals surface area contributed by atoms with Crippen LogP contribution in [0.1, 0.15) is 24.2 Å². The molecule has 0 fully saturated rings. The molecular weight excluding hydrogens is 246 g/mol. The van der Waals surface area contributed by atoms with Crippen molar-refractivity contribution in [3.05, 3.63) is 35.4 Å². The van der Waals surface area contributed by atoms with Crippen molar-refractivity contribution in [3.63, 3.8) is 0 Å². The van der Waals surface area contributed by atoms with Crippen LogP contribution in [-0.4, -0.2) is 35.4 Å². The van der Waals surface area contributed by atoms with Crippen LogP contribution in [0.4, 0.5) is 0 Å². The zero-order valence-electron chi connectivity index (χ0n) is 11.0. The average Bonchev–Trinajstić information content (AvgIpc) is 2.38. The molecule has 100 valence electrons. The van der Waals surface area contributed by atoms with Crippen LogP contribution in [0, 0.1) is 0 Å². The Morgan fingerprint density at radius 1 is 1.50 bits per heavy atom. The van der Waals surface area contributed by atoms with Gasteiger partial charge in [0.2, 0.25) is 0 Å². The third-order valence-electron chi connectivity index (χ3n) is 3.42. The third kappa shape index (κ3) is 3.40. The van der Waals surface area contributed by atoms with E-state index >= 15 is 0 Å². The lowest BCUT2D eigenvalue weighted by molar-refractivity contribution is 0.0427. The van der Waals surface area contributed by atoms with E-state index in [1.165, 1.54) is 11.1 Å². The molecule has 0 saturated heterocycles. The summed E-state index contributed by atoms with van der Waals surface area (Å²) in [5.41, 5.74) is 2.68. The van der Waals surface area contributed by atoms with E-state index in [-0.39, 0.29) is 11.4 Å². The van der Waals surface area contributed by atoms with E-state index in [0.29, 0.717) is 0 Å². The molecule has 1 aromatic carbocycles. The first-order valence-corrected chi connectivity index (χ1v) is 8.03. The first-order chi connectivity index (χ1) is 8.68. The molecule has 18 heavy (non-hydrogen) atoms. The minimum Gasteiger partial charge on any atom is -0.372 e. The number of hydrogen-bond acceptors (Lipinski definition) is 3. The van der Waals surface area contributed by atoms with E-state index in [1.807, 2.05) is 6.92 Å². The molecule has 0 bridgehead atoms. The fourth-order valence-corrected chi connectivity index (χ4v) is 2.53. The van der Waals surface area contributed by atoms with Crippen LogP contribution in [0.2, 0.25) is 0 Å². The molecule has 0 aliphatic carbocycles. The summed E-state index contributed by atoms with van der Waals surface area (Å²) in [5, 5.41) is 3.54. The second kappa shape index (κ2) is 6.45. The highest BCUT2D eigenvalue weighted by molar-refractivity contribution is 7.84. The quantitative estimate of drug-likeness (QED) is 0.881. The standard InChI is InChI=1S/C14H21NO2S/c1-11(18(2)16)9-15-10-14-13-6-4-3-5-12(13)7-8-17-14/h3-6,11,14-15H,7-10H2,1-2H3. The van der Waals surface area contributed by atoms with Gasteiger partial charge in [0.05, 0.1) is 12.7 Å². The predicted molar refractivity (Wildman–Crippen MR) is 75.2 cm³/mol. The molecule has 1 aromatic rings. The summed E-state index contributed by atoms with van der Waals surface area (Å²) in [7, 11) is -0.765. The summed E-state index contributed by atoms with van der Waals surface area (Å²) >= 11 is 0. The SMILES string of the molecule is CC(CNCC1OCCc2ccccc21)S(C)=O. The average molecular weight is 267 g/mol. The molecule has 1 aliphatic rings. The Hall–Kier alpha value is -0.710. The van der Waals surface area contributed by atoms with Crippen molar-refractivity contribution in [2.24, 2.45) is 0 Å². The highest BCUT2D eigenvalue weighted by atomic mass is 32.2. The van der Waals surface area contributed by atoms with Gasteiger partial charge in [-0.05, 0) is 24.5 Å². The molecular formula is C14H21NO2S. The van der Waals surface area contributed by atoms with Crippen LogP contribution in [0.5, 0.6) is 0 Å². The van der Waals surface area contributed by atoms with Crippen LogP contribution in [-0.2, 0) is 22.0 Å². The molecule has 3 unspecified atom stereocenters. The normalized spacial score (nSPS) is 22.2. The molecule has 0 amide bonds.